The van der Waals surface area contributed by atoms with Gasteiger partial charge in [-0.05, 0) is 44.2 Å². The van der Waals surface area contributed by atoms with Gasteiger partial charge in [-0.25, -0.2) is 13.8 Å². The second-order valence-corrected chi connectivity index (χ2v) is 8.14. The summed E-state index contributed by atoms with van der Waals surface area (Å²) in [6, 6.07) is 3.73. The van der Waals surface area contributed by atoms with E-state index >= 15 is 0 Å². The number of pyridine rings is 1. The van der Waals surface area contributed by atoms with E-state index in [1.807, 2.05) is 23.9 Å². The van der Waals surface area contributed by atoms with Crippen LogP contribution in [0.5, 0.6) is 0 Å². The van der Waals surface area contributed by atoms with E-state index in [1.165, 1.54) is 0 Å². The van der Waals surface area contributed by atoms with E-state index in [0.717, 1.165) is 24.2 Å². The van der Waals surface area contributed by atoms with E-state index in [9.17, 15) is 13.9 Å². The summed E-state index contributed by atoms with van der Waals surface area (Å²) in [7, 11) is 1.89. The molecule has 2 saturated carbocycles. The molecule has 0 spiro atoms. The van der Waals surface area contributed by atoms with Crippen LogP contribution in [0.4, 0.5) is 8.78 Å². The molecule has 0 aromatic carbocycles. The smallest absolute Gasteiger partial charge is 0.248 e. The van der Waals surface area contributed by atoms with Crippen LogP contribution in [-0.4, -0.2) is 49.0 Å². The number of nitrogens with one attached hydrogen (secondary N) is 1. The molecule has 0 bridgehead atoms. The average molecular weight is 391 g/mol. The third-order valence-corrected chi connectivity index (χ3v) is 6.06. The number of halogens is 2. The summed E-state index contributed by atoms with van der Waals surface area (Å²) in [5.41, 5.74) is 0.873. The highest BCUT2D eigenvalue weighted by Crippen LogP contribution is 2.36. The molecule has 0 aliphatic heterocycles. The van der Waals surface area contributed by atoms with Gasteiger partial charge in [0.1, 0.15) is 5.82 Å². The number of aliphatic hydroxyl groups excluding tert-OH is 1. The predicted octanol–water partition coefficient (Wildman–Crippen LogP) is 3.04. The Morgan fingerprint density at radius 2 is 2.00 bits per heavy atom. The lowest BCUT2D eigenvalue weighted by atomic mass is 9.82. The first kappa shape index (κ1) is 19.4. The van der Waals surface area contributed by atoms with Crippen LogP contribution in [0.1, 0.15) is 56.7 Å². The van der Waals surface area contributed by atoms with Crippen LogP contribution >= 0.6 is 0 Å². The van der Waals surface area contributed by atoms with Gasteiger partial charge in [-0.1, -0.05) is 0 Å². The summed E-state index contributed by atoms with van der Waals surface area (Å²) in [5, 5.41) is 18.4. The molecule has 2 aliphatic carbocycles. The molecule has 2 fully saturated rings. The normalized spacial score (nSPS) is 28.4. The second kappa shape index (κ2) is 7.83. The molecule has 2 aromatic heterocycles. The standard InChI is InChI=1S/C20H27F2N5O/c1-27-19(25-18(26-27)14-3-2-10-23-12-14)13-4-5-17(28)16(11-13)24-15-6-8-20(21,22)9-7-15/h2-3,10,12-13,15-17,24,28H,4-9,11H2,1H3/t13-,16+,17+/m0/s1. The number of aliphatic hydroxyl groups is 1. The molecule has 8 heteroatoms. The molecule has 2 aromatic rings. The SMILES string of the molecule is Cn1nc(-c2cccnc2)nc1[C@H]1CC[C@@H](O)[C@H](NC2CCC(F)(F)CC2)C1. The molecule has 2 N–H and O–H groups in total. The van der Waals surface area contributed by atoms with Crippen LogP contribution < -0.4 is 5.32 Å². The van der Waals surface area contributed by atoms with Crippen molar-refractivity contribution in [2.24, 2.45) is 7.05 Å². The van der Waals surface area contributed by atoms with Crippen LogP contribution in [0.25, 0.3) is 11.4 Å². The van der Waals surface area contributed by atoms with E-state index in [2.05, 4.69) is 15.4 Å². The maximum absolute atomic E-state index is 13.4. The van der Waals surface area contributed by atoms with E-state index in [-0.39, 0.29) is 30.8 Å². The molecule has 4 rings (SSSR count). The highest BCUT2D eigenvalue weighted by Gasteiger charge is 2.38. The topological polar surface area (TPSA) is 75.9 Å². The molecule has 0 unspecified atom stereocenters. The highest BCUT2D eigenvalue weighted by molar-refractivity contribution is 5.52. The molecule has 28 heavy (non-hydrogen) atoms. The van der Waals surface area contributed by atoms with E-state index in [1.54, 1.807) is 12.4 Å². The molecule has 0 amide bonds. The van der Waals surface area contributed by atoms with Crippen molar-refractivity contribution in [3.8, 4) is 11.4 Å². The molecule has 0 radical (unpaired) electrons. The zero-order valence-electron chi connectivity index (χ0n) is 16.1. The Balaban J connectivity index is 1.44. The van der Waals surface area contributed by atoms with E-state index in [4.69, 9.17) is 4.98 Å². The molecule has 2 heterocycles. The molecule has 6 nitrogen and oxygen atoms in total. The van der Waals surface area contributed by atoms with Gasteiger partial charge in [-0.2, -0.15) is 5.10 Å². The summed E-state index contributed by atoms with van der Waals surface area (Å²) in [6.45, 7) is 0. The Morgan fingerprint density at radius 1 is 1.21 bits per heavy atom. The van der Waals surface area contributed by atoms with Crippen molar-refractivity contribution in [2.45, 2.75) is 75.0 Å². The number of aryl methyl sites for hydroxylation is 1. The summed E-state index contributed by atoms with van der Waals surface area (Å²) in [5.74, 6) is -0.815. The number of aromatic nitrogens is 4. The van der Waals surface area contributed by atoms with Crippen LogP contribution in [-0.2, 0) is 7.05 Å². The summed E-state index contributed by atoms with van der Waals surface area (Å²) in [4.78, 5) is 8.86. The first-order chi connectivity index (χ1) is 13.4. The molecular formula is C20H27F2N5O. The van der Waals surface area contributed by atoms with Crippen molar-refractivity contribution < 1.29 is 13.9 Å². The largest absolute Gasteiger partial charge is 0.392 e. The number of nitrogens with zero attached hydrogens (tertiary/aromatic N) is 4. The Kier molecular flexibility index (Phi) is 5.42. The summed E-state index contributed by atoms with van der Waals surface area (Å²) < 4.78 is 28.6. The van der Waals surface area contributed by atoms with Crippen LogP contribution in [0.3, 0.4) is 0 Å². The van der Waals surface area contributed by atoms with E-state index < -0.39 is 12.0 Å². The zero-order valence-corrected chi connectivity index (χ0v) is 16.1. The van der Waals surface area contributed by atoms with Gasteiger partial charge in [0.2, 0.25) is 5.92 Å². The maximum atomic E-state index is 13.4. The van der Waals surface area contributed by atoms with Gasteiger partial charge >= 0.3 is 0 Å². The minimum atomic E-state index is -2.53. The van der Waals surface area contributed by atoms with Crippen molar-refractivity contribution >= 4 is 0 Å². The second-order valence-electron chi connectivity index (χ2n) is 8.14. The Morgan fingerprint density at radius 3 is 2.71 bits per heavy atom. The van der Waals surface area contributed by atoms with Crippen molar-refractivity contribution in [1.29, 1.82) is 0 Å². The van der Waals surface area contributed by atoms with Gasteiger partial charge in [-0.3, -0.25) is 9.67 Å². The van der Waals surface area contributed by atoms with Crippen molar-refractivity contribution in [3.05, 3.63) is 30.4 Å². The van der Waals surface area contributed by atoms with Crippen molar-refractivity contribution in [3.63, 3.8) is 0 Å². The van der Waals surface area contributed by atoms with Gasteiger partial charge in [0, 0.05) is 55.8 Å². The number of alkyl halides is 2. The van der Waals surface area contributed by atoms with Crippen LogP contribution in [0, 0.1) is 0 Å². The number of hydrogen-bond acceptors (Lipinski definition) is 5. The lowest BCUT2D eigenvalue weighted by Gasteiger charge is -2.38. The van der Waals surface area contributed by atoms with Gasteiger partial charge in [0.25, 0.3) is 0 Å². The first-order valence-corrected chi connectivity index (χ1v) is 10.0. The fourth-order valence-corrected chi connectivity index (χ4v) is 4.45. The average Bonchev–Trinajstić information content (AvgIpc) is 3.07. The fraction of sp³-hybridized carbons (Fsp3) is 0.650. The van der Waals surface area contributed by atoms with Gasteiger partial charge < -0.3 is 10.4 Å². The van der Waals surface area contributed by atoms with Crippen molar-refractivity contribution in [1.82, 2.24) is 25.1 Å². The number of hydrogen-bond donors (Lipinski definition) is 2. The maximum Gasteiger partial charge on any atom is 0.248 e. The third kappa shape index (κ3) is 4.22. The Hall–Kier alpha value is -1.93. The summed E-state index contributed by atoms with van der Waals surface area (Å²) in [6.07, 6.45) is 5.99. The Bertz CT molecular complexity index is 787. The minimum absolute atomic E-state index is 0.0449. The fourth-order valence-electron chi connectivity index (χ4n) is 4.45. The van der Waals surface area contributed by atoms with Crippen LogP contribution in [0.2, 0.25) is 0 Å². The summed E-state index contributed by atoms with van der Waals surface area (Å²) >= 11 is 0. The Labute approximate surface area is 163 Å². The van der Waals surface area contributed by atoms with Crippen LogP contribution in [0.15, 0.2) is 24.5 Å². The predicted molar refractivity (Wildman–Crippen MR) is 101 cm³/mol. The first-order valence-electron chi connectivity index (χ1n) is 10.0. The van der Waals surface area contributed by atoms with E-state index in [0.29, 0.717) is 25.1 Å². The monoisotopic (exact) mass is 391 g/mol. The third-order valence-electron chi connectivity index (χ3n) is 6.06. The molecule has 152 valence electrons. The molecular weight excluding hydrogens is 364 g/mol. The quantitative estimate of drug-likeness (QED) is 0.838. The molecule has 0 saturated heterocycles. The van der Waals surface area contributed by atoms with Gasteiger partial charge in [0.15, 0.2) is 5.82 Å². The molecule has 2 aliphatic rings. The minimum Gasteiger partial charge on any atom is -0.392 e. The van der Waals surface area contributed by atoms with Gasteiger partial charge in [-0.15, -0.1) is 0 Å². The number of rotatable bonds is 4. The highest BCUT2D eigenvalue weighted by atomic mass is 19.3. The van der Waals surface area contributed by atoms with Gasteiger partial charge in [0.05, 0.1) is 6.10 Å². The lowest BCUT2D eigenvalue weighted by molar-refractivity contribution is -0.0437. The zero-order chi connectivity index (χ0) is 19.7. The lowest BCUT2D eigenvalue weighted by Crippen LogP contribution is -2.50. The van der Waals surface area contributed by atoms with Crippen molar-refractivity contribution in [2.75, 3.05) is 0 Å². The molecule has 3 atom stereocenters.